The van der Waals surface area contributed by atoms with Crippen molar-refractivity contribution >= 4 is 0 Å². The lowest BCUT2D eigenvalue weighted by Gasteiger charge is -2.37. The van der Waals surface area contributed by atoms with Crippen molar-refractivity contribution in [3.8, 4) is 0 Å². The summed E-state index contributed by atoms with van der Waals surface area (Å²) >= 11 is 0. The molecule has 4 aliphatic carbocycles. The van der Waals surface area contributed by atoms with Crippen molar-refractivity contribution in [1.29, 1.82) is 0 Å². The lowest BCUT2D eigenvalue weighted by molar-refractivity contribution is -0.109. The molecule has 4 aliphatic rings. The van der Waals surface area contributed by atoms with Crippen molar-refractivity contribution in [3.05, 3.63) is 0 Å². The molecule has 0 unspecified atom stereocenters. The van der Waals surface area contributed by atoms with Gasteiger partial charge in [0, 0.05) is 0 Å². The molecule has 0 saturated heterocycles. The highest BCUT2D eigenvalue weighted by Gasteiger charge is 2.30. The Labute approximate surface area is 166 Å². The van der Waals surface area contributed by atoms with E-state index in [1.54, 1.807) is 0 Å². The van der Waals surface area contributed by atoms with Crippen molar-refractivity contribution in [3.63, 3.8) is 0 Å². The quantitative estimate of drug-likeness (QED) is 0.541. The van der Waals surface area contributed by atoms with Gasteiger partial charge in [0.1, 0.15) is 0 Å². The van der Waals surface area contributed by atoms with Crippen LogP contribution in [-0.2, 0) is 14.2 Å². The minimum atomic E-state index is 0.483. The van der Waals surface area contributed by atoms with Gasteiger partial charge in [0.15, 0.2) is 0 Å². The van der Waals surface area contributed by atoms with Crippen molar-refractivity contribution in [2.75, 3.05) is 0 Å². The van der Waals surface area contributed by atoms with Crippen LogP contribution in [0.25, 0.3) is 0 Å². The normalized spacial score (nSPS) is 37.3. The second-order valence-electron chi connectivity index (χ2n) is 9.73. The van der Waals surface area contributed by atoms with Gasteiger partial charge in [-0.3, -0.25) is 0 Å². The molecule has 0 heterocycles. The van der Waals surface area contributed by atoms with Gasteiger partial charge in [-0.05, 0) is 77.0 Å². The minimum absolute atomic E-state index is 0.483. The maximum absolute atomic E-state index is 6.50. The van der Waals surface area contributed by atoms with E-state index in [4.69, 9.17) is 14.2 Å². The van der Waals surface area contributed by atoms with Gasteiger partial charge < -0.3 is 14.2 Å². The fraction of sp³-hybridized carbons (Fsp3) is 1.00. The van der Waals surface area contributed by atoms with Crippen molar-refractivity contribution < 1.29 is 14.2 Å². The van der Waals surface area contributed by atoms with Crippen molar-refractivity contribution in [1.82, 2.24) is 0 Å². The summed E-state index contributed by atoms with van der Waals surface area (Å²) in [6, 6.07) is 0. The molecule has 3 nitrogen and oxygen atoms in total. The van der Waals surface area contributed by atoms with E-state index in [-0.39, 0.29) is 0 Å². The summed E-state index contributed by atoms with van der Waals surface area (Å²) in [6.07, 6.45) is 26.2. The Balaban J connectivity index is 1.09. The molecule has 0 bridgehead atoms. The molecule has 3 heteroatoms. The number of rotatable bonds is 6. The highest BCUT2D eigenvalue weighted by atomic mass is 16.5. The Hall–Kier alpha value is -0.120. The number of hydrogen-bond acceptors (Lipinski definition) is 3. The van der Waals surface area contributed by atoms with E-state index in [1.807, 2.05) is 0 Å². The monoisotopic (exact) mass is 378 g/mol. The molecule has 0 aromatic carbocycles. The van der Waals surface area contributed by atoms with Gasteiger partial charge in [-0.25, -0.2) is 0 Å². The molecular weight excluding hydrogens is 336 g/mol. The smallest absolute Gasteiger partial charge is 0.0580 e. The van der Waals surface area contributed by atoms with Crippen LogP contribution >= 0.6 is 0 Å². The topological polar surface area (TPSA) is 27.7 Å². The van der Waals surface area contributed by atoms with E-state index in [1.165, 1.54) is 116 Å². The summed E-state index contributed by atoms with van der Waals surface area (Å²) in [5.74, 6) is 0. The first kappa shape index (κ1) is 20.2. The molecule has 0 amide bonds. The molecule has 0 N–H and O–H groups in total. The van der Waals surface area contributed by atoms with E-state index in [0.717, 1.165) is 0 Å². The van der Waals surface area contributed by atoms with Crippen LogP contribution in [0.4, 0.5) is 0 Å². The maximum atomic E-state index is 6.50. The third-order valence-corrected chi connectivity index (χ3v) is 7.50. The van der Waals surface area contributed by atoms with Gasteiger partial charge in [0.05, 0.1) is 36.6 Å². The van der Waals surface area contributed by atoms with Crippen molar-refractivity contribution in [2.45, 2.75) is 152 Å². The SMILES string of the molecule is C1CCC(OC2CCC(OC3CCC(OC4CCCCC4)CC3)CC2)CC1. The Morgan fingerprint density at radius 1 is 0.259 bits per heavy atom. The molecule has 0 aromatic heterocycles. The Morgan fingerprint density at radius 3 is 0.741 bits per heavy atom. The van der Waals surface area contributed by atoms with Crippen LogP contribution in [0.2, 0.25) is 0 Å². The molecule has 0 atom stereocenters. The summed E-state index contributed by atoms with van der Waals surface area (Å²) in [6.45, 7) is 0. The molecular formula is C24H42O3. The lowest BCUT2D eigenvalue weighted by Crippen LogP contribution is -2.35. The third-order valence-electron chi connectivity index (χ3n) is 7.50. The van der Waals surface area contributed by atoms with Gasteiger partial charge in [0.2, 0.25) is 0 Å². The predicted octanol–water partition coefficient (Wildman–Crippen LogP) is 6.32. The molecule has 0 radical (unpaired) electrons. The van der Waals surface area contributed by atoms with Crippen LogP contribution in [0.15, 0.2) is 0 Å². The summed E-state index contributed by atoms with van der Waals surface area (Å²) < 4.78 is 19.3. The lowest BCUT2D eigenvalue weighted by atomic mass is 9.91. The Kier molecular flexibility index (Phi) is 7.91. The molecule has 156 valence electrons. The number of hydrogen-bond donors (Lipinski definition) is 0. The zero-order valence-electron chi connectivity index (χ0n) is 17.4. The minimum Gasteiger partial charge on any atom is -0.375 e. The van der Waals surface area contributed by atoms with Gasteiger partial charge in [-0.1, -0.05) is 38.5 Å². The zero-order chi connectivity index (χ0) is 18.3. The van der Waals surface area contributed by atoms with Gasteiger partial charge >= 0.3 is 0 Å². The van der Waals surface area contributed by atoms with E-state index in [0.29, 0.717) is 36.6 Å². The van der Waals surface area contributed by atoms with Crippen LogP contribution in [0.5, 0.6) is 0 Å². The third kappa shape index (κ3) is 6.44. The molecule has 4 fully saturated rings. The second kappa shape index (κ2) is 10.6. The standard InChI is InChI=1S/C24H42O3/c1-3-7-19(8-4-1)25-21-11-15-23(16-12-21)27-24-17-13-22(14-18-24)26-20-9-5-2-6-10-20/h19-24H,1-18H2. The zero-order valence-corrected chi connectivity index (χ0v) is 17.4. The van der Waals surface area contributed by atoms with Crippen LogP contribution < -0.4 is 0 Å². The van der Waals surface area contributed by atoms with E-state index >= 15 is 0 Å². The van der Waals surface area contributed by atoms with Crippen LogP contribution in [-0.4, -0.2) is 36.6 Å². The summed E-state index contributed by atoms with van der Waals surface area (Å²) in [5.41, 5.74) is 0. The maximum Gasteiger partial charge on any atom is 0.0580 e. The summed E-state index contributed by atoms with van der Waals surface area (Å²) in [5, 5.41) is 0. The van der Waals surface area contributed by atoms with Gasteiger partial charge in [-0.2, -0.15) is 0 Å². The number of ether oxygens (including phenoxy) is 3. The summed E-state index contributed by atoms with van der Waals surface area (Å²) in [7, 11) is 0. The fourth-order valence-corrected chi connectivity index (χ4v) is 5.83. The molecule has 0 aromatic rings. The largest absolute Gasteiger partial charge is 0.375 e. The van der Waals surface area contributed by atoms with Crippen LogP contribution in [0.3, 0.4) is 0 Å². The molecule has 0 spiro atoms. The Bertz CT molecular complexity index is 360. The van der Waals surface area contributed by atoms with E-state index in [2.05, 4.69) is 0 Å². The first-order valence-electron chi connectivity index (χ1n) is 12.3. The molecule has 0 aliphatic heterocycles. The van der Waals surface area contributed by atoms with Crippen LogP contribution in [0, 0.1) is 0 Å². The highest BCUT2D eigenvalue weighted by Crippen LogP contribution is 2.32. The van der Waals surface area contributed by atoms with Crippen LogP contribution in [0.1, 0.15) is 116 Å². The predicted molar refractivity (Wildman–Crippen MR) is 109 cm³/mol. The molecule has 4 rings (SSSR count). The second-order valence-corrected chi connectivity index (χ2v) is 9.73. The first-order valence-corrected chi connectivity index (χ1v) is 12.3. The first-order chi connectivity index (χ1) is 13.3. The van der Waals surface area contributed by atoms with Gasteiger partial charge in [0.25, 0.3) is 0 Å². The molecule has 4 saturated carbocycles. The summed E-state index contributed by atoms with van der Waals surface area (Å²) in [4.78, 5) is 0. The fourth-order valence-electron chi connectivity index (χ4n) is 5.83. The average molecular weight is 379 g/mol. The van der Waals surface area contributed by atoms with Gasteiger partial charge in [-0.15, -0.1) is 0 Å². The van der Waals surface area contributed by atoms with E-state index < -0.39 is 0 Å². The average Bonchev–Trinajstić information content (AvgIpc) is 2.73. The Morgan fingerprint density at radius 2 is 0.481 bits per heavy atom. The van der Waals surface area contributed by atoms with E-state index in [9.17, 15) is 0 Å². The highest BCUT2D eigenvalue weighted by molar-refractivity contribution is 4.80. The van der Waals surface area contributed by atoms with Crippen molar-refractivity contribution in [2.24, 2.45) is 0 Å². The molecule has 27 heavy (non-hydrogen) atoms.